The van der Waals surface area contributed by atoms with Gasteiger partial charge in [0.15, 0.2) is 23.3 Å². The number of hydrogen-bond acceptors (Lipinski definition) is 1. The molecule has 14 heavy (non-hydrogen) atoms. The summed E-state index contributed by atoms with van der Waals surface area (Å²) in [6.07, 6.45) is 1.52. The summed E-state index contributed by atoms with van der Waals surface area (Å²) in [6.45, 7) is 0. The summed E-state index contributed by atoms with van der Waals surface area (Å²) in [5.74, 6) is -5.49. The van der Waals surface area contributed by atoms with Gasteiger partial charge >= 0.3 is 0 Å². The number of halogens is 4. The molecule has 76 valence electrons. The molecule has 1 saturated carbocycles. The fraction of sp³-hybridized carbons (Fsp3) is 0.333. The maximum absolute atomic E-state index is 13.0. The molecule has 1 nitrogen and oxygen atoms in total. The molecular weight excluding hydrogens is 198 g/mol. The highest BCUT2D eigenvalue weighted by Gasteiger charge is 2.26. The van der Waals surface area contributed by atoms with E-state index in [4.69, 9.17) is 0 Å². The maximum Gasteiger partial charge on any atom is 0.185 e. The van der Waals surface area contributed by atoms with E-state index in [-0.39, 0.29) is 12.1 Å². The van der Waals surface area contributed by atoms with Gasteiger partial charge in [-0.1, -0.05) is 0 Å². The van der Waals surface area contributed by atoms with Crippen LogP contribution in [0.25, 0.3) is 0 Å². The molecule has 1 N–H and O–H groups in total. The Kier molecular flexibility index (Phi) is 2.09. The predicted octanol–water partition coefficient (Wildman–Crippen LogP) is 2.82. The second-order valence-corrected chi connectivity index (χ2v) is 3.26. The van der Waals surface area contributed by atoms with E-state index < -0.39 is 29.0 Å². The van der Waals surface area contributed by atoms with Crippen LogP contribution in [0.2, 0.25) is 0 Å². The number of benzene rings is 1. The zero-order valence-electron chi connectivity index (χ0n) is 7.08. The SMILES string of the molecule is Fc1cc(F)c(F)c(NC2CC2)c1F. The predicted molar refractivity (Wildman–Crippen MR) is 42.9 cm³/mol. The van der Waals surface area contributed by atoms with E-state index >= 15 is 0 Å². The summed E-state index contributed by atoms with van der Waals surface area (Å²) in [4.78, 5) is 0. The van der Waals surface area contributed by atoms with Crippen LogP contribution in [0, 0.1) is 23.3 Å². The van der Waals surface area contributed by atoms with E-state index in [2.05, 4.69) is 5.32 Å². The second-order valence-electron chi connectivity index (χ2n) is 3.26. The quantitative estimate of drug-likeness (QED) is 0.578. The molecule has 0 bridgehead atoms. The van der Waals surface area contributed by atoms with Gasteiger partial charge in [0.2, 0.25) is 0 Å². The molecule has 0 heterocycles. The molecule has 0 amide bonds. The summed E-state index contributed by atoms with van der Waals surface area (Å²) in [7, 11) is 0. The van der Waals surface area contributed by atoms with Crippen molar-refractivity contribution < 1.29 is 17.6 Å². The number of hydrogen-bond donors (Lipinski definition) is 1. The van der Waals surface area contributed by atoms with E-state index in [1.807, 2.05) is 0 Å². The summed E-state index contributed by atoms with van der Waals surface area (Å²) in [5.41, 5.74) is -0.704. The van der Waals surface area contributed by atoms with E-state index in [9.17, 15) is 17.6 Å². The van der Waals surface area contributed by atoms with Gasteiger partial charge in [-0.2, -0.15) is 0 Å². The van der Waals surface area contributed by atoms with Crippen LogP contribution >= 0.6 is 0 Å². The van der Waals surface area contributed by atoms with Gasteiger partial charge in [-0.25, -0.2) is 17.6 Å². The third kappa shape index (κ3) is 1.54. The zero-order valence-corrected chi connectivity index (χ0v) is 7.08. The standard InChI is InChI=1S/C9H7F4N/c10-5-3-6(11)8(13)9(7(5)12)14-4-1-2-4/h3-4,14H,1-2H2. The largest absolute Gasteiger partial charge is 0.377 e. The first-order valence-electron chi connectivity index (χ1n) is 4.19. The first kappa shape index (κ1) is 9.30. The zero-order chi connectivity index (χ0) is 10.3. The van der Waals surface area contributed by atoms with Crippen LogP contribution < -0.4 is 5.32 Å². The molecule has 0 spiro atoms. The van der Waals surface area contributed by atoms with Gasteiger partial charge < -0.3 is 5.32 Å². The molecular formula is C9H7F4N. The van der Waals surface area contributed by atoms with Gasteiger partial charge in [-0.3, -0.25) is 0 Å². The Morgan fingerprint density at radius 1 is 1.00 bits per heavy atom. The number of rotatable bonds is 2. The van der Waals surface area contributed by atoms with Crippen LogP contribution in [0.1, 0.15) is 12.8 Å². The lowest BCUT2D eigenvalue weighted by Crippen LogP contribution is -2.08. The highest BCUT2D eigenvalue weighted by molar-refractivity contribution is 5.48. The lowest BCUT2D eigenvalue weighted by Gasteiger charge is -2.08. The van der Waals surface area contributed by atoms with Crippen molar-refractivity contribution in [3.05, 3.63) is 29.3 Å². The van der Waals surface area contributed by atoms with Gasteiger partial charge in [-0.05, 0) is 12.8 Å². The van der Waals surface area contributed by atoms with Crippen molar-refractivity contribution in [1.29, 1.82) is 0 Å². The van der Waals surface area contributed by atoms with Crippen molar-refractivity contribution in [3.8, 4) is 0 Å². The van der Waals surface area contributed by atoms with Gasteiger partial charge in [0, 0.05) is 12.1 Å². The molecule has 0 unspecified atom stereocenters. The molecule has 1 aliphatic rings. The van der Waals surface area contributed by atoms with E-state index in [0.29, 0.717) is 0 Å². The van der Waals surface area contributed by atoms with Gasteiger partial charge in [-0.15, -0.1) is 0 Å². The Morgan fingerprint density at radius 2 is 1.50 bits per heavy atom. The molecule has 2 rings (SSSR count). The molecule has 0 atom stereocenters. The molecule has 0 aromatic heterocycles. The Balaban J connectivity index is 2.42. The fourth-order valence-corrected chi connectivity index (χ4v) is 1.13. The van der Waals surface area contributed by atoms with Crippen LogP contribution in [0.3, 0.4) is 0 Å². The summed E-state index contributed by atoms with van der Waals surface area (Å²) >= 11 is 0. The minimum Gasteiger partial charge on any atom is -0.377 e. The van der Waals surface area contributed by atoms with Crippen molar-refractivity contribution in [2.45, 2.75) is 18.9 Å². The maximum atomic E-state index is 13.0. The Hall–Kier alpha value is -1.26. The highest BCUT2D eigenvalue weighted by atomic mass is 19.2. The minimum absolute atomic E-state index is 0.0693. The first-order valence-corrected chi connectivity index (χ1v) is 4.19. The lowest BCUT2D eigenvalue weighted by atomic mass is 10.2. The number of nitrogens with one attached hydrogen (secondary N) is 1. The molecule has 0 saturated heterocycles. The van der Waals surface area contributed by atoms with Crippen molar-refractivity contribution in [2.24, 2.45) is 0 Å². The fourth-order valence-electron chi connectivity index (χ4n) is 1.13. The first-order chi connectivity index (χ1) is 6.59. The lowest BCUT2D eigenvalue weighted by molar-refractivity contribution is 0.458. The van der Waals surface area contributed by atoms with Crippen LogP contribution in [0.4, 0.5) is 23.2 Å². The number of anilines is 1. The van der Waals surface area contributed by atoms with Crippen molar-refractivity contribution in [3.63, 3.8) is 0 Å². The normalized spacial score (nSPS) is 15.7. The summed E-state index contributed by atoms with van der Waals surface area (Å²) < 4.78 is 51.3. The summed E-state index contributed by atoms with van der Waals surface area (Å²) in [6, 6.07) is 0.128. The highest BCUT2D eigenvalue weighted by Crippen LogP contribution is 2.30. The molecule has 1 aromatic carbocycles. The van der Waals surface area contributed by atoms with E-state index in [1.165, 1.54) is 0 Å². The molecule has 1 aromatic rings. The molecule has 0 aliphatic heterocycles. The minimum atomic E-state index is -1.38. The Morgan fingerprint density at radius 3 is 1.93 bits per heavy atom. The third-order valence-electron chi connectivity index (χ3n) is 2.04. The third-order valence-corrected chi connectivity index (χ3v) is 2.04. The average molecular weight is 205 g/mol. The van der Waals surface area contributed by atoms with Gasteiger partial charge in [0.25, 0.3) is 0 Å². The molecule has 1 aliphatic carbocycles. The van der Waals surface area contributed by atoms with Crippen LogP contribution in [0.5, 0.6) is 0 Å². The van der Waals surface area contributed by atoms with Crippen molar-refractivity contribution in [2.75, 3.05) is 5.32 Å². The van der Waals surface area contributed by atoms with Crippen LogP contribution in [-0.4, -0.2) is 6.04 Å². The monoisotopic (exact) mass is 205 g/mol. The Labute approximate surface area is 77.7 Å². The second kappa shape index (κ2) is 3.15. The van der Waals surface area contributed by atoms with Crippen molar-refractivity contribution in [1.82, 2.24) is 0 Å². The van der Waals surface area contributed by atoms with Gasteiger partial charge in [0.05, 0.1) is 0 Å². The summed E-state index contributed by atoms with van der Waals surface area (Å²) in [5, 5.41) is 2.40. The van der Waals surface area contributed by atoms with Crippen molar-refractivity contribution >= 4 is 5.69 Å². The topological polar surface area (TPSA) is 12.0 Å². The van der Waals surface area contributed by atoms with Gasteiger partial charge in [0.1, 0.15) is 5.69 Å². The molecule has 0 radical (unpaired) electrons. The average Bonchev–Trinajstić information content (AvgIpc) is 2.93. The smallest absolute Gasteiger partial charge is 0.185 e. The van der Waals surface area contributed by atoms with E-state index in [1.54, 1.807) is 0 Å². The Bertz CT molecular complexity index is 347. The van der Waals surface area contributed by atoms with Crippen LogP contribution in [-0.2, 0) is 0 Å². The molecule has 1 fully saturated rings. The van der Waals surface area contributed by atoms with E-state index in [0.717, 1.165) is 12.8 Å². The van der Waals surface area contributed by atoms with Crippen LogP contribution in [0.15, 0.2) is 6.07 Å². The molecule has 5 heteroatoms.